The zero-order chi connectivity index (χ0) is 17.1. The lowest BCUT2D eigenvalue weighted by molar-refractivity contribution is -0.385. The van der Waals surface area contributed by atoms with Crippen LogP contribution in [-0.4, -0.2) is 28.3 Å². The molecule has 1 saturated heterocycles. The SMILES string of the molecule is Cc1cc(C(=O)N2CCCC2Cc2ccccc2)ccc1[N+](=O)[O-]. The molecule has 3 rings (SSSR count). The Hall–Kier alpha value is -2.69. The molecule has 0 radical (unpaired) electrons. The molecule has 2 aromatic carbocycles. The van der Waals surface area contributed by atoms with Gasteiger partial charge in [-0.15, -0.1) is 0 Å². The monoisotopic (exact) mass is 324 g/mol. The second-order valence-electron chi connectivity index (χ2n) is 6.24. The molecule has 24 heavy (non-hydrogen) atoms. The molecule has 0 spiro atoms. The molecule has 1 heterocycles. The van der Waals surface area contributed by atoms with Crippen LogP contribution in [0.15, 0.2) is 48.5 Å². The fraction of sp³-hybridized carbons (Fsp3) is 0.316. The van der Waals surface area contributed by atoms with Gasteiger partial charge in [-0.2, -0.15) is 0 Å². The van der Waals surface area contributed by atoms with Crippen molar-refractivity contribution in [2.75, 3.05) is 6.54 Å². The van der Waals surface area contributed by atoms with Crippen LogP contribution < -0.4 is 0 Å². The molecule has 1 amide bonds. The molecular weight excluding hydrogens is 304 g/mol. The summed E-state index contributed by atoms with van der Waals surface area (Å²) in [5, 5.41) is 10.9. The third-order valence-corrected chi connectivity index (χ3v) is 4.59. The summed E-state index contributed by atoms with van der Waals surface area (Å²) < 4.78 is 0. The number of aryl methyl sites for hydroxylation is 1. The van der Waals surface area contributed by atoms with E-state index < -0.39 is 4.92 Å². The predicted octanol–water partition coefficient (Wildman–Crippen LogP) is 3.75. The maximum absolute atomic E-state index is 12.8. The number of carbonyl (C=O) groups excluding carboxylic acids is 1. The van der Waals surface area contributed by atoms with Crippen LogP contribution in [0.25, 0.3) is 0 Å². The van der Waals surface area contributed by atoms with Crippen LogP contribution in [0.3, 0.4) is 0 Å². The van der Waals surface area contributed by atoms with E-state index in [2.05, 4.69) is 12.1 Å². The Bertz CT molecular complexity index is 758. The van der Waals surface area contributed by atoms with E-state index in [9.17, 15) is 14.9 Å². The quantitative estimate of drug-likeness (QED) is 0.635. The first kappa shape index (κ1) is 16.2. The van der Waals surface area contributed by atoms with Crippen molar-refractivity contribution < 1.29 is 9.72 Å². The Morgan fingerprint density at radius 1 is 1.25 bits per heavy atom. The van der Waals surface area contributed by atoms with Gasteiger partial charge in [-0.05, 0) is 43.9 Å². The standard InChI is InChI=1S/C19H20N2O3/c1-14-12-16(9-10-18(14)21(23)24)19(22)20-11-5-8-17(20)13-15-6-3-2-4-7-15/h2-4,6-7,9-10,12,17H,5,8,11,13H2,1H3. The molecular formula is C19H20N2O3. The number of rotatable bonds is 4. The molecule has 2 aromatic rings. The zero-order valence-electron chi connectivity index (χ0n) is 13.6. The van der Waals surface area contributed by atoms with E-state index in [1.807, 2.05) is 23.1 Å². The summed E-state index contributed by atoms with van der Waals surface area (Å²) in [4.78, 5) is 25.3. The first-order valence-corrected chi connectivity index (χ1v) is 8.16. The molecule has 1 fully saturated rings. The van der Waals surface area contributed by atoms with Gasteiger partial charge < -0.3 is 4.90 Å². The summed E-state index contributed by atoms with van der Waals surface area (Å²) in [6, 6.07) is 15.0. The summed E-state index contributed by atoms with van der Waals surface area (Å²) in [5.74, 6) is -0.0357. The number of nitrogens with zero attached hydrogens (tertiary/aromatic N) is 2. The van der Waals surface area contributed by atoms with Crippen LogP contribution in [0.5, 0.6) is 0 Å². The summed E-state index contributed by atoms with van der Waals surface area (Å²) >= 11 is 0. The van der Waals surface area contributed by atoms with Crippen LogP contribution in [0.2, 0.25) is 0 Å². The fourth-order valence-corrected chi connectivity index (χ4v) is 3.36. The van der Waals surface area contributed by atoms with E-state index >= 15 is 0 Å². The molecule has 5 nitrogen and oxygen atoms in total. The summed E-state index contributed by atoms with van der Waals surface area (Å²) in [6.45, 7) is 2.41. The molecule has 1 aliphatic rings. The van der Waals surface area contributed by atoms with Crippen molar-refractivity contribution in [3.8, 4) is 0 Å². The van der Waals surface area contributed by atoms with Gasteiger partial charge in [0.2, 0.25) is 0 Å². The van der Waals surface area contributed by atoms with Crippen LogP contribution in [-0.2, 0) is 6.42 Å². The zero-order valence-corrected chi connectivity index (χ0v) is 13.6. The number of benzene rings is 2. The highest BCUT2D eigenvalue weighted by Crippen LogP contribution is 2.25. The van der Waals surface area contributed by atoms with E-state index in [1.54, 1.807) is 19.1 Å². The summed E-state index contributed by atoms with van der Waals surface area (Å²) in [6.07, 6.45) is 2.83. The van der Waals surface area contributed by atoms with E-state index in [1.165, 1.54) is 11.6 Å². The Morgan fingerprint density at radius 3 is 2.67 bits per heavy atom. The second-order valence-corrected chi connectivity index (χ2v) is 6.24. The molecule has 0 aromatic heterocycles. The van der Waals surface area contributed by atoms with Gasteiger partial charge >= 0.3 is 0 Å². The highest BCUT2D eigenvalue weighted by molar-refractivity contribution is 5.95. The second kappa shape index (κ2) is 6.83. The minimum absolute atomic E-state index is 0.0357. The Kier molecular flexibility index (Phi) is 4.60. The average Bonchev–Trinajstić information content (AvgIpc) is 3.02. The maximum atomic E-state index is 12.8. The van der Waals surface area contributed by atoms with Gasteiger partial charge in [0.25, 0.3) is 11.6 Å². The van der Waals surface area contributed by atoms with Gasteiger partial charge in [0.15, 0.2) is 0 Å². The van der Waals surface area contributed by atoms with Crippen molar-refractivity contribution in [3.63, 3.8) is 0 Å². The summed E-state index contributed by atoms with van der Waals surface area (Å²) in [5.41, 5.74) is 2.32. The van der Waals surface area contributed by atoms with Crippen molar-refractivity contribution >= 4 is 11.6 Å². The van der Waals surface area contributed by atoms with Crippen molar-refractivity contribution in [3.05, 3.63) is 75.3 Å². The lowest BCUT2D eigenvalue weighted by Crippen LogP contribution is -2.36. The van der Waals surface area contributed by atoms with Crippen molar-refractivity contribution in [2.45, 2.75) is 32.2 Å². The third kappa shape index (κ3) is 3.30. The number of amides is 1. The molecule has 124 valence electrons. The molecule has 0 bridgehead atoms. The van der Waals surface area contributed by atoms with Crippen LogP contribution in [0.1, 0.15) is 34.3 Å². The highest BCUT2D eigenvalue weighted by atomic mass is 16.6. The number of nitro benzene ring substituents is 1. The average molecular weight is 324 g/mol. The van der Waals surface area contributed by atoms with Gasteiger partial charge in [-0.3, -0.25) is 14.9 Å². The lowest BCUT2D eigenvalue weighted by atomic mass is 10.0. The Balaban J connectivity index is 1.78. The molecule has 1 unspecified atom stereocenters. The minimum atomic E-state index is -0.419. The molecule has 1 aliphatic heterocycles. The first-order valence-electron chi connectivity index (χ1n) is 8.16. The van der Waals surface area contributed by atoms with Crippen molar-refractivity contribution in [1.29, 1.82) is 0 Å². The van der Waals surface area contributed by atoms with Gasteiger partial charge in [-0.25, -0.2) is 0 Å². The largest absolute Gasteiger partial charge is 0.335 e. The van der Waals surface area contributed by atoms with Crippen molar-refractivity contribution in [2.24, 2.45) is 0 Å². The Morgan fingerprint density at radius 2 is 2.00 bits per heavy atom. The normalized spacial score (nSPS) is 17.0. The van der Waals surface area contributed by atoms with Gasteiger partial charge in [-0.1, -0.05) is 30.3 Å². The molecule has 0 saturated carbocycles. The topological polar surface area (TPSA) is 63.5 Å². The predicted molar refractivity (Wildman–Crippen MR) is 92.0 cm³/mol. The van der Waals surface area contributed by atoms with E-state index in [4.69, 9.17) is 0 Å². The first-order chi connectivity index (χ1) is 11.6. The molecule has 0 N–H and O–H groups in total. The van der Waals surface area contributed by atoms with Crippen LogP contribution in [0, 0.1) is 17.0 Å². The number of carbonyl (C=O) groups is 1. The number of nitro groups is 1. The van der Waals surface area contributed by atoms with Crippen molar-refractivity contribution in [1.82, 2.24) is 4.90 Å². The fourth-order valence-electron chi connectivity index (χ4n) is 3.36. The number of hydrogen-bond donors (Lipinski definition) is 0. The van der Waals surface area contributed by atoms with E-state index in [-0.39, 0.29) is 17.6 Å². The maximum Gasteiger partial charge on any atom is 0.272 e. The highest BCUT2D eigenvalue weighted by Gasteiger charge is 2.30. The van der Waals surface area contributed by atoms with Gasteiger partial charge in [0, 0.05) is 29.8 Å². The third-order valence-electron chi connectivity index (χ3n) is 4.59. The summed E-state index contributed by atoms with van der Waals surface area (Å²) in [7, 11) is 0. The minimum Gasteiger partial charge on any atom is -0.335 e. The number of hydrogen-bond acceptors (Lipinski definition) is 3. The smallest absolute Gasteiger partial charge is 0.272 e. The molecule has 1 atom stereocenters. The van der Waals surface area contributed by atoms with Gasteiger partial charge in [0.05, 0.1) is 4.92 Å². The Labute approximate surface area is 141 Å². The van der Waals surface area contributed by atoms with Crippen LogP contribution in [0.4, 0.5) is 5.69 Å². The molecule has 5 heteroatoms. The number of likely N-dealkylation sites (tertiary alicyclic amines) is 1. The van der Waals surface area contributed by atoms with E-state index in [0.29, 0.717) is 11.1 Å². The lowest BCUT2D eigenvalue weighted by Gasteiger charge is -2.25. The van der Waals surface area contributed by atoms with E-state index in [0.717, 1.165) is 25.8 Å². The van der Waals surface area contributed by atoms with Crippen LogP contribution >= 0.6 is 0 Å². The van der Waals surface area contributed by atoms with Gasteiger partial charge in [0.1, 0.15) is 0 Å². The molecule has 0 aliphatic carbocycles.